The molecule has 0 bridgehead atoms. The Bertz CT molecular complexity index is 1070. The van der Waals surface area contributed by atoms with Crippen molar-refractivity contribution < 1.29 is 13.2 Å². The molecule has 2 aromatic heterocycles. The van der Waals surface area contributed by atoms with Crippen molar-refractivity contribution >= 4 is 21.1 Å². The maximum absolute atomic E-state index is 13.3. The second-order valence-electron chi connectivity index (χ2n) is 6.99. The summed E-state index contributed by atoms with van der Waals surface area (Å²) in [5, 5.41) is 0.703. The highest BCUT2D eigenvalue weighted by molar-refractivity contribution is 7.87. The molecular weight excluding hydrogens is 376 g/mol. The highest BCUT2D eigenvalue weighted by Gasteiger charge is 2.30. The lowest BCUT2D eigenvalue weighted by Gasteiger charge is -2.34. The van der Waals surface area contributed by atoms with Gasteiger partial charge in [0.05, 0.1) is 18.0 Å². The number of fused-ring (bicyclic) bond motifs is 1. The Balaban J connectivity index is 1.55. The zero-order chi connectivity index (χ0) is 19.7. The third-order valence-corrected chi connectivity index (χ3v) is 7.00. The average molecular weight is 401 g/mol. The van der Waals surface area contributed by atoms with Crippen LogP contribution in [0.2, 0.25) is 0 Å². The largest absolute Gasteiger partial charge is 0.481 e. The second kappa shape index (κ2) is 7.54. The van der Waals surface area contributed by atoms with Crippen molar-refractivity contribution in [3.05, 3.63) is 59.9 Å². The van der Waals surface area contributed by atoms with Crippen LogP contribution in [0.25, 0.3) is 10.9 Å². The number of rotatable bonds is 5. The fraction of sp³-hybridized carbons (Fsp3) is 0.350. The first-order chi connectivity index (χ1) is 13.5. The van der Waals surface area contributed by atoms with E-state index in [2.05, 4.69) is 22.0 Å². The minimum Gasteiger partial charge on any atom is -0.481 e. The third kappa shape index (κ3) is 3.39. The molecule has 28 heavy (non-hydrogen) atoms. The number of piperazine rings is 1. The maximum Gasteiger partial charge on any atom is 0.308 e. The molecule has 0 N–H and O–H groups in total. The van der Waals surface area contributed by atoms with E-state index < -0.39 is 10.2 Å². The van der Waals surface area contributed by atoms with Crippen LogP contribution < -0.4 is 4.74 Å². The summed E-state index contributed by atoms with van der Waals surface area (Å²) in [5.74, 6) is 0.433. The normalized spacial score (nSPS) is 16.5. The average Bonchev–Trinajstić information content (AvgIpc) is 3.17. The Morgan fingerprint density at radius 2 is 1.79 bits per heavy atom. The molecule has 3 heterocycles. The molecule has 148 valence electrons. The third-order valence-electron chi connectivity index (χ3n) is 5.18. The first kappa shape index (κ1) is 18.9. The molecule has 0 spiro atoms. The molecule has 1 aliphatic heterocycles. The van der Waals surface area contributed by atoms with Crippen LogP contribution in [0.4, 0.5) is 0 Å². The number of nitrogens with zero attached hydrogens (tertiary/aromatic N) is 4. The van der Waals surface area contributed by atoms with E-state index in [0.717, 1.165) is 12.1 Å². The number of hydrogen-bond donors (Lipinski definition) is 0. The van der Waals surface area contributed by atoms with Gasteiger partial charge in [-0.1, -0.05) is 30.3 Å². The summed E-state index contributed by atoms with van der Waals surface area (Å²) in [6, 6.07) is 12.0. The fourth-order valence-electron chi connectivity index (χ4n) is 3.70. The van der Waals surface area contributed by atoms with Crippen molar-refractivity contribution in [2.45, 2.75) is 13.5 Å². The standard InChI is InChI=1S/C20H24N4O3S/c1-16-14-21-20(27-2)18-8-9-24(19(16)18)28(25,26)23-12-10-22(11-13-23)15-17-6-4-3-5-7-17/h3-9,14H,10-13,15H2,1-2H3. The van der Waals surface area contributed by atoms with Gasteiger partial charge in [0.1, 0.15) is 0 Å². The zero-order valence-corrected chi connectivity index (χ0v) is 16.9. The van der Waals surface area contributed by atoms with Crippen molar-refractivity contribution in [3.8, 4) is 5.88 Å². The molecule has 0 aliphatic carbocycles. The predicted octanol–water partition coefficient (Wildman–Crippen LogP) is 2.26. The smallest absolute Gasteiger partial charge is 0.308 e. The summed E-state index contributed by atoms with van der Waals surface area (Å²) < 4.78 is 34.8. The lowest BCUT2D eigenvalue weighted by Crippen LogP contribution is -2.49. The molecule has 0 saturated carbocycles. The molecule has 1 aliphatic rings. The monoisotopic (exact) mass is 400 g/mol. The van der Waals surface area contributed by atoms with Gasteiger partial charge in [0, 0.05) is 45.1 Å². The predicted molar refractivity (Wildman–Crippen MR) is 109 cm³/mol. The summed E-state index contributed by atoms with van der Waals surface area (Å²) in [6.45, 7) is 5.04. The van der Waals surface area contributed by atoms with Crippen LogP contribution in [-0.4, -0.2) is 59.9 Å². The summed E-state index contributed by atoms with van der Waals surface area (Å²) >= 11 is 0. The molecule has 0 amide bonds. The Kier molecular flexibility index (Phi) is 5.09. The SMILES string of the molecule is COc1ncc(C)c2c1ccn2S(=O)(=O)N1CCN(Cc2ccccc2)CC1. The van der Waals surface area contributed by atoms with E-state index in [-0.39, 0.29) is 0 Å². The molecule has 3 aromatic rings. The number of methoxy groups -OCH3 is 1. The lowest BCUT2D eigenvalue weighted by molar-refractivity contribution is 0.181. The van der Waals surface area contributed by atoms with Crippen molar-refractivity contribution in [1.29, 1.82) is 0 Å². The van der Waals surface area contributed by atoms with Crippen molar-refractivity contribution in [2.75, 3.05) is 33.3 Å². The maximum atomic E-state index is 13.3. The van der Waals surface area contributed by atoms with Crippen LogP contribution in [-0.2, 0) is 16.8 Å². The molecule has 0 atom stereocenters. The van der Waals surface area contributed by atoms with E-state index in [4.69, 9.17) is 4.74 Å². The number of pyridine rings is 1. The second-order valence-corrected chi connectivity index (χ2v) is 8.80. The van der Waals surface area contributed by atoms with Crippen LogP contribution in [0, 0.1) is 6.92 Å². The Morgan fingerprint density at radius 1 is 1.07 bits per heavy atom. The van der Waals surface area contributed by atoms with Gasteiger partial charge in [-0.2, -0.15) is 12.7 Å². The van der Waals surface area contributed by atoms with Crippen LogP contribution >= 0.6 is 0 Å². The van der Waals surface area contributed by atoms with Crippen LogP contribution in [0.1, 0.15) is 11.1 Å². The quantitative estimate of drug-likeness (QED) is 0.657. The minimum absolute atomic E-state index is 0.433. The number of aryl methyl sites for hydroxylation is 1. The van der Waals surface area contributed by atoms with Gasteiger partial charge in [0.25, 0.3) is 0 Å². The molecule has 1 saturated heterocycles. The zero-order valence-electron chi connectivity index (χ0n) is 16.1. The highest BCUT2D eigenvalue weighted by Crippen LogP contribution is 2.29. The molecule has 0 radical (unpaired) electrons. The number of hydrogen-bond acceptors (Lipinski definition) is 5. The van der Waals surface area contributed by atoms with Crippen LogP contribution in [0.5, 0.6) is 5.88 Å². The van der Waals surface area contributed by atoms with Gasteiger partial charge in [0.2, 0.25) is 5.88 Å². The van der Waals surface area contributed by atoms with E-state index in [0.29, 0.717) is 43.0 Å². The van der Waals surface area contributed by atoms with E-state index in [9.17, 15) is 8.42 Å². The summed E-state index contributed by atoms with van der Waals surface area (Å²) in [4.78, 5) is 6.52. The van der Waals surface area contributed by atoms with Gasteiger partial charge >= 0.3 is 10.2 Å². The van der Waals surface area contributed by atoms with Gasteiger partial charge in [0.15, 0.2) is 0 Å². The molecule has 7 nitrogen and oxygen atoms in total. The van der Waals surface area contributed by atoms with Crippen molar-refractivity contribution in [2.24, 2.45) is 0 Å². The van der Waals surface area contributed by atoms with Crippen molar-refractivity contribution in [3.63, 3.8) is 0 Å². The molecule has 1 aromatic carbocycles. The van der Waals surface area contributed by atoms with Gasteiger partial charge in [-0.15, -0.1) is 0 Å². The minimum atomic E-state index is -3.65. The Morgan fingerprint density at radius 3 is 2.46 bits per heavy atom. The van der Waals surface area contributed by atoms with Crippen LogP contribution in [0.15, 0.2) is 48.8 Å². The lowest BCUT2D eigenvalue weighted by atomic mass is 10.2. The van der Waals surface area contributed by atoms with E-state index in [1.54, 1.807) is 22.8 Å². The van der Waals surface area contributed by atoms with Gasteiger partial charge in [-0.25, -0.2) is 8.96 Å². The Labute approximate surface area is 165 Å². The summed E-state index contributed by atoms with van der Waals surface area (Å²) in [6.07, 6.45) is 3.23. The van der Waals surface area contributed by atoms with E-state index in [1.165, 1.54) is 16.6 Å². The molecular formula is C20H24N4O3S. The van der Waals surface area contributed by atoms with Gasteiger partial charge in [-0.3, -0.25) is 4.90 Å². The van der Waals surface area contributed by atoms with E-state index >= 15 is 0 Å². The summed E-state index contributed by atoms with van der Waals surface area (Å²) in [5.41, 5.74) is 2.66. The fourth-order valence-corrected chi connectivity index (χ4v) is 5.26. The van der Waals surface area contributed by atoms with Crippen molar-refractivity contribution in [1.82, 2.24) is 18.2 Å². The van der Waals surface area contributed by atoms with E-state index in [1.807, 2.05) is 25.1 Å². The number of benzene rings is 1. The highest BCUT2D eigenvalue weighted by atomic mass is 32.2. The molecule has 8 heteroatoms. The first-order valence-corrected chi connectivity index (χ1v) is 10.7. The molecule has 0 unspecified atom stereocenters. The van der Waals surface area contributed by atoms with Crippen LogP contribution in [0.3, 0.4) is 0 Å². The topological polar surface area (TPSA) is 67.7 Å². The molecule has 1 fully saturated rings. The Hall–Kier alpha value is -2.42. The van der Waals surface area contributed by atoms with Gasteiger partial charge < -0.3 is 4.74 Å². The number of aromatic nitrogens is 2. The number of ether oxygens (including phenoxy) is 1. The summed E-state index contributed by atoms with van der Waals surface area (Å²) in [7, 11) is -2.11. The first-order valence-electron chi connectivity index (χ1n) is 9.28. The van der Waals surface area contributed by atoms with Gasteiger partial charge in [-0.05, 0) is 24.1 Å². The molecule has 4 rings (SSSR count).